The molecule has 36 heavy (non-hydrogen) atoms. The molecule has 0 bridgehead atoms. The van der Waals surface area contributed by atoms with Crippen LogP contribution in [0.5, 0.6) is 0 Å². The van der Waals surface area contributed by atoms with E-state index in [4.69, 9.17) is 44.8 Å². The molecule has 218 valence electrons. The van der Waals surface area contributed by atoms with Crippen molar-refractivity contribution in [3.05, 3.63) is 0 Å². The summed E-state index contributed by atoms with van der Waals surface area (Å²) in [5.41, 5.74) is 0. The van der Waals surface area contributed by atoms with Gasteiger partial charge in [-0.15, -0.1) is 11.6 Å². The number of alkyl halides is 1. The number of unbranched alkanes of at least 4 members (excludes halogenated alkanes) is 10. The van der Waals surface area contributed by atoms with E-state index in [1.165, 1.54) is 57.8 Å². The number of hydrogen-bond acceptors (Lipinski definition) is 7. The van der Waals surface area contributed by atoms with Crippen molar-refractivity contribution in [1.82, 2.24) is 0 Å². The van der Waals surface area contributed by atoms with E-state index in [2.05, 4.69) is 6.92 Å². The monoisotopic (exact) mass is 540 g/mol. The molecule has 0 spiro atoms. The molecule has 0 saturated carbocycles. The van der Waals surface area contributed by atoms with Gasteiger partial charge in [0.15, 0.2) is 0 Å². The second-order valence-corrected chi connectivity index (χ2v) is 9.24. The third-order valence-electron chi connectivity index (χ3n) is 5.55. The highest BCUT2D eigenvalue weighted by Gasteiger charge is 1.96. The predicted molar refractivity (Wildman–Crippen MR) is 148 cm³/mol. The summed E-state index contributed by atoms with van der Waals surface area (Å²) in [6.07, 6.45) is 15.1. The van der Waals surface area contributed by atoms with Gasteiger partial charge in [-0.05, 0) is 19.3 Å². The van der Waals surface area contributed by atoms with Gasteiger partial charge in [0.2, 0.25) is 0 Å². The number of rotatable bonds is 33. The molecule has 0 aromatic heterocycles. The zero-order valence-corrected chi connectivity index (χ0v) is 24.1. The Bertz CT molecular complexity index is 344. The Morgan fingerprint density at radius 1 is 0.306 bits per heavy atom. The van der Waals surface area contributed by atoms with E-state index in [-0.39, 0.29) is 0 Å². The Morgan fingerprint density at radius 2 is 0.556 bits per heavy atom. The molecule has 0 aliphatic heterocycles. The molecule has 7 nitrogen and oxygen atoms in total. The molecule has 0 saturated heterocycles. The molecule has 0 atom stereocenters. The summed E-state index contributed by atoms with van der Waals surface area (Å²) in [4.78, 5) is 0. The van der Waals surface area contributed by atoms with E-state index in [1.54, 1.807) is 0 Å². The van der Waals surface area contributed by atoms with Crippen LogP contribution in [0.3, 0.4) is 0 Å². The quantitative estimate of drug-likeness (QED) is 0.0742. The standard InChI is InChI=1S/C28H57ClO7/c1-2-3-4-5-6-7-9-12-15-30-17-19-32-21-23-34-25-27-36-28-26-35-24-22-33-20-18-31-16-13-10-8-11-14-29/h2-28H2,1H3. The van der Waals surface area contributed by atoms with E-state index in [1.807, 2.05) is 0 Å². The van der Waals surface area contributed by atoms with E-state index >= 15 is 0 Å². The fourth-order valence-electron chi connectivity index (χ4n) is 3.41. The van der Waals surface area contributed by atoms with Crippen LogP contribution < -0.4 is 0 Å². The summed E-state index contributed by atoms with van der Waals surface area (Å²) in [6.45, 7) is 11.0. The summed E-state index contributed by atoms with van der Waals surface area (Å²) >= 11 is 5.65. The van der Waals surface area contributed by atoms with Crippen molar-refractivity contribution in [2.45, 2.75) is 84.0 Å². The van der Waals surface area contributed by atoms with Gasteiger partial charge in [0.1, 0.15) is 0 Å². The number of ether oxygens (including phenoxy) is 7. The second kappa shape index (κ2) is 35.0. The summed E-state index contributed by atoms with van der Waals surface area (Å²) in [5, 5.41) is 0. The molecular formula is C28H57ClO7. The Kier molecular flexibility index (Phi) is 35.0. The lowest BCUT2D eigenvalue weighted by Gasteiger charge is -2.08. The van der Waals surface area contributed by atoms with Crippen molar-refractivity contribution in [2.24, 2.45) is 0 Å². The van der Waals surface area contributed by atoms with Crippen molar-refractivity contribution < 1.29 is 33.2 Å². The summed E-state index contributed by atoms with van der Waals surface area (Å²) in [6, 6.07) is 0. The normalized spacial score (nSPS) is 11.5. The first-order valence-electron chi connectivity index (χ1n) is 14.5. The second-order valence-electron chi connectivity index (χ2n) is 8.86. The Hall–Kier alpha value is 0.01000. The minimum Gasteiger partial charge on any atom is -0.379 e. The van der Waals surface area contributed by atoms with Gasteiger partial charge in [-0.3, -0.25) is 0 Å². The topological polar surface area (TPSA) is 64.6 Å². The van der Waals surface area contributed by atoms with Gasteiger partial charge in [0.25, 0.3) is 0 Å². The van der Waals surface area contributed by atoms with Crippen LogP contribution in [-0.4, -0.2) is 98.4 Å². The Labute approximate surface area is 227 Å². The minimum atomic E-state index is 0.558. The zero-order chi connectivity index (χ0) is 26.0. The van der Waals surface area contributed by atoms with Gasteiger partial charge in [0, 0.05) is 19.1 Å². The van der Waals surface area contributed by atoms with E-state index in [0.29, 0.717) is 79.3 Å². The summed E-state index contributed by atoms with van der Waals surface area (Å²) in [7, 11) is 0. The fraction of sp³-hybridized carbons (Fsp3) is 1.00. The van der Waals surface area contributed by atoms with Crippen LogP contribution in [0.25, 0.3) is 0 Å². The van der Waals surface area contributed by atoms with E-state index in [0.717, 1.165) is 38.4 Å². The molecule has 0 aliphatic rings. The molecule has 0 N–H and O–H groups in total. The highest BCUT2D eigenvalue weighted by atomic mass is 35.5. The smallest absolute Gasteiger partial charge is 0.0701 e. The molecule has 0 radical (unpaired) electrons. The van der Waals surface area contributed by atoms with Crippen molar-refractivity contribution in [3.8, 4) is 0 Å². The number of halogens is 1. The Morgan fingerprint density at radius 3 is 0.861 bits per heavy atom. The molecule has 0 heterocycles. The van der Waals surface area contributed by atoms with Gasteiger partial charge in [0.05, 0.1) is 79.3 Å². The minimum absolute atomic E-state index is 0.558. The van der Waals surface area contributed by atoms with Crippen LogP contribution in [0.2, 0.25) is 0 Å². The third-order valence-corrected chi connectivity index (χ3v) is 5.81. The molecule has 0 aliphatic carbocycles. The van der Waals surface area contributed by atoms with Crippen molar-refractivity contribution in [2.75, 3.05) is 98.4 Å². The SMILES string of the molecule is CCCCCCCCCCOCCOCCOCCOCCOCCOCCOCCCCCCCl. The molecule has 0 aromatic carbocycles. The van der Waals surface area contributed by atoms with Gasteiger partial charge < -0.3 is 33.2 Å². The largest absolute Gasteiger partial charge is 0.379 e. The maximum Gasteiger partial charge on any atom is 0.0701 e. The van der Waals surface area contributed by atoms with Crippen LogP contribution in [-0.2, 0) is 33.2 Å². The maximum absolute atomic E-state index is 5.65. The van der Waals surface area contributed by atoms with Crippen LogP contribution in [0.4, 0.5) is 0 Å². The lowest BCUT2D eigenvalue weighted by Crippen LogP contribution is -2.14. The zero-order valence-electron chi connectivity index (χ0n) is 23.3. The van der Waals surface area contributed by atoms with Crippen LogP contribution in [0.15, 0.2) is 0 Å². The Balaban J connectivity index is 3.00. The first-order chi connectivity index (χ1) is 17.9. The van der Waals surface area contributed by atoms with Crippen molar-refractivity contribution in [3.63, 3.8) is 0 Å². The van der Waals surface area contributed by atoms with E-state index < -0.39 is 0 Å². The summed E-state index contributed by atoms with van der Waals surface area (Å²) in [5.74, 6) is 0.753. The molecule has 0 aromatic rings. The highest BCUT2D eigenvalue weighted by Crippen LogP contribution is 2.08. The molecule has 0 unspecified atom stereocenters. The van der Waals surface area contributed by atoms with Crippen molar-refractivity contribution >= 4 is 11.6 Å². The predicted octanol–water partition coefficient (Wildman–Crippen LogP) is 6.04. The molecular weight excluding hydrogens is 484 g/mol. The molecule has 0 rings (SSSR count). The first kappa shape index (κ1) is 36.0. The maximum atomic E-state index is 5.65. The fourth-order valence-corrected chi connectivity index (χ4v) is 3.60. The van der Waals surface area contributed by atoms with Gasteiger partial charge >= 0.3 is 0 Å². The average Bonchev–Trinajstić information content (AvgIpc) is 2.89. The molecule has 0 fully saturated rings. The third kappa shape index (κ3) is 34.0. The van der Waals surface area contributed by atoms with Crippen LogP contribution >= 0.6 is 11.6 Å². The van der Waals surface area contributed by atoms with E-state index in [9.17, 15) is 0 Å². The van der Waals surface area contributed by atoms with Gasteiger partial charge in [-0.1, -0.05) is 64.7 Å². The van der Waals surface area contributed by atoms with Gasteiger partial charge in [-0.25, -0.2) is 0 Å². The number of hydrogen-bond donors (Lipinski definition) is 0. The highest BCUT2D eigenvalue weighted by molar-refractivity contribution is 6.17. The lowest BCUT2D eigenvalue weighted by atomic mass is 10.1. The van der Waals surface area contributed by atoms with Crippen LogP contribution in [0.1, 0.15) is 84.0 Å². The summed E-state index contributed by atoms with van der Waals surface area (Å²) < 4.78 is 38.6. The van der Waals surface area contributed by atoms with Gasteiger partial charge in [-0.2, -0.15) is 0 Å². The molecule has 0 amide bonds. The van der Waals surface area contributed by atoms with Crippen LogP contribution in [0, 0.1) is 0 Å². The van der Waals surface area contributed by atoms with Crippen molar-refractivity contribution in [1.29, 1.82) is 0 Å². The average molecular weight is 541 g/mol. The molecule has 8 heteroatoms. The lowest BCUT2D eigenvalue weighted by molar-refractivity contribution is -0.0206. The first-order valence-corrected chi connectivity index (χ1v) is 15.1.